The van der Waals surface area contributed by atoms with Gasteiger partial charge in [0.2, 0.25) is 0 Å². The van der Waals surface area contributed by atoms with Crippen molar-refractivity contribution in [1.29, 1.82) is 5.41 Å². The van der Waals surface area contributed by atoms with Gasteiger partial charge in [0.25, 0.3) is 5.91 Å². The van der Waals surface area contributed by atoms with Gasteiger partial charge in [-0.3, -0.25) is 10.2 Å². The number of anilines is 1. The fourth-order valence-corrected chi connectivity index (χ4v) is 5.74. The zero-order valence-corrected chi connectivity index (χ0v) is 30.2. The fraction of sp³-hybridized carbons (Fsp3) is 0.378. The van der Waals surface area contributed by atoms with Crippen molar-refractivity contribution in [2.24, 2.45) is 16.2 Å². The maximum atomic E-state index is 11.5. The molecule has 1 aromatic heterocycles. The second kappa shape index (κ2) is 20.5. The van der Waals surface area contributed by atoms with E-state index in [1.165, 1.54) is 11.3 Å². The van der Waals surface area contributed by atoms with Gasteiger partial charge in [-0.2, -0.15) is 0 Å². The summed E-state index contributed by atoms with van der Waals surface area (Å²) < 4.78 is 17.3. The van der Waals surface area contributed by atoms with Crippen molar-refractivity contribution >= 4 is 52.5 Å². The van der Waals surface area contributed by atoms with Crippen LogP contribution in [0.5, 0.6) is 11.5 Å². The molecule has 0 unspecified atom stereocenters. The minimum absolute atomic E-state index is 0.0177. The Hall–Kier alpha value is -5.34. The number of likely N-dealkylation sites (tertiary alicyclic amines) is 1. The highest BCUT2D eigenvalue weighted by Crippen LogP contribution is 2.33. The monoisotopic (exact) mass is 732 g/mol. The molecule has 1 saturated heterocycles. The first-order valence-electron chi connectivity index (χ1n) is 17.0. The van der Waals surface area contributed by atoms with Crippen LogP contribution in [0.2, 0.25) is 0 Å². The van der Waals surface area contributed by atoms with Crippen LogP contribution in [0.4, 0.5) is 5.69 Å². The molecule has 2 aliphatic rings. The van der Waals surface area contributed by atoms with Crippen LogP contribution in [-0.2, 0) is 20.8 Å². The number of nitrogens with one attached hydrogen (secondary N) is 2. The number of piperidine rings is 1. The first kappa shape index (κ1) is 39.4. The summed E-state index contributed by atoms with van der Waals surface area (Å²) in [6.45, 7) is 3.51. The minimum atomic E-state index is -0.207. The Labute approximate surface area is 307 Å². The number of nitrogens with two attached hydrogens (primary N) is 1. The molecule has 1 amide bonds. The summed E-state index contributed by atoms with van der Waals surface area (Å²) in [6.07, 6.45) is 6.20. The van der Waals surface area contributed by atoms with E-state index in [0.717, 1.165) is 68.3 Å². The number of amidine groups is 1. The van der Waals surface area contributed by atoms with Crippen LogP contribution in [0.15, 0.2) is 75.5 Å². The van der Waals surface area contributed by atoms with Gasteiger partial charge in [0.1, 0.15) is 35.7 Å². The van der Waals surface area contributed by atoms with Crippen molar-refractivity contribution < 1.29 is 28.4 Å². The molecule has 14 nitrogen and oxygen atoms in total. The predicted molar refractivity (Wildman–Crippen MR) is 200 cm³/mol. The van der Waals surface area contributed by atoms with Crippen molar-refractivity contribution in [2.45, 2.75) is 38.2 Å². The Balaban J connectivity index is 0.000000221. The van der Waals surface area contributed by atoms with Gasteiger partial charge in [-0.25, -0.2) is 0 Å². The minimum Gasteiger partial charge on any atom is -0.490 e. The maximum Gasteiger partial charge on any atom is 0.257 e. The van der Waals surface area contributed by atoms with E-state index in [-0.39, 0.29) is 30.3 Å². The van der Waals surface area contributed by atoms with E-state index in [0.29, 0.717) is 41.8 Å². The summed E-state index contributed by atoms with van der Waals surface area (Å²) in [5, 5.41) is 22.2. The third-order valence-electron chi connectivity index (χ3n) is 8.39. The van der Waals surface area contributed by atoms with Gasteiger partial charge < -0.3 is 44.5 Å². The Morgan fingerprint density at radius 1 is 1.08 bits per heavy atom. The lowest BCUT2D eigenvalue weighted by Gasteiger charge is -2.29. The molecule has 0 aliphatic carbocycles. The number of rotatable bonds is 11. The zero-order valence-electron chi connectivity index (χ0n) is 29.4. The predicted octanol–water partition coefficient (Wildman–Crippen LogP) is 5.20. The summed E-state index contributed by atoms with van der Waals surface area (Å²) in [6, 6.07) is 19.1. The number of benzene rings is 3. The number of hydrogen-bond donors (Lipinski definition) is 3. The van der Waals surface area contributed by atoms with Crippen LogP contribution in [-0.4, -0.2) is 93.2 Å². The van der Waals surface area contributed by atoms with Gasteiger partial charge in [-0.1, -0.05) is 22.5 Å². The highest BCUT2D eigenvalue weighted by molar-refractivity contribution is 6.24. The van der Waals surface area contributed by atoms with Crippen LogP contribution in [0.3, 0.4) is 0 Å². The smallest absolute Gasteiger partial charge is 0.257 e. The average Bonchev–Trinajstić information content (AvgIpc) is 3.59. The summed E-state index contributed by atoms with van der Waals surface area (Å²) in [7, 11) is 4.22. The van der Waals surface area contributed by atoms with E-state index >= 15 is 0 Å². The van der Waals surface area contributed by atoms with Gasteiger partial charge in [0.05, 0.1) is 11.3 Å². The molecule has 276 valence electrons. The number of amides is 1. The van der Waals surface area contributed by atoms with Crippen molar-refractivity contribution in [3.8, 4) is 22.8 Å². The number of halogens is 1. The Kier molecular flexibility index (Phi) is 15.5. The molecule has 4 aromatic rings. The molecule has 0 saturated carbocycles. The van der Waals surface area contributed by atoms with Crippen molar-refractivity contribution in [3.05, 3.63) is 71.8 Å². The van der Waals surface area contributed by atoms with Crippen LogP contribution >= 0.6 is 11.6 Å². The third-order valence-corrected chi connectivity index (χ3v) is 8.52. The van der Waals surface area contributed by atoms with E-state index in [2.05, 4.69) is 44.7 Å². The van der Waals surface area contributed by atoms with Gasteiger partial charge >= 0.3 is 0 Å². The molecule has 4 N–H and O–H groups in total. The molecule has 15 heteroatoms. The molecule has 3 aromatic carbocycles. The lowest BCUT2D eigenvalue weighted by atomic mass is 10.0. The lowest BCUT2D eigenvalue weighted by Crippen LogP contribution is -2.35. The highest BCUT2D eigenvalue weighted by atomic mass is 35.5. The number of fused-ring (bicyclic) bond motifs is 2. The van der Waals surface area contributed by atoms with Crippen LogP contribution < -0.4 is 25.5 Å². The molecule has 0 spiro atoms. The standard InChI is InChI=1S/C20H22N6O2.C15H20N2O3.C2H3ClO/c1-26-9-7-15(8-10-26)27-16-4-2-3-13(11-16)19-17-12-14(20(21)23-25-22)5-6-18(17)24-28-19;1-17-8-2-4-12-10-13(5-6-14(12)17)20-11-15(19)16-7-3-9-18;3-1-2-4/h2-6,11-12,15H,7-10H2,1H3,(H3,21,22,23);5-6,9-10H,2-4,7-8,11H2,1H3,(H,16,19);2H,1H2. The van der Waals surface area contributed by atoms with Crippen LogP contribution in [0.25, 0.3) is 22.2 Å². The third kappa shape index (κ3) is 11.6. The molecule has 52 heavy (non-hydrogen) atoms. The quantitative estimate of drug-likeness (QED) is 0.0270. The molecule has 6 rings (SSSR count). The van der Waals surface area contributed by atoms with Gasteiger partial charge in [-0.05, 0) is 86.8 Å². The molecule has 1 fully saturated rings. The summed E-state index contributed by atoms with van der Waals surface area (Å²) in [5.41, 5.74) is 4.66. The van der Waals surface area contributed by atoms with E-state index < -0.39 is 0 Å². The summed E-state index contributed by atoms with van der Waals surface area (Å²) in [4.78, 5) is 35.2. The second-order valence-corrected chi connectivity index (χ2v) is 12.5. The molecular formula is C37H45ClN8O6. The van der Waals surface area contributed by atoms with E-state index in [9.17, 15) is 9.59 Å². The second-order valence-electron chi connectivity index (χ2n) is 12.2. The zero-order chi connectivity index (χ0) is 37.3. The molecule has 2 aliphatic heterocycles. The molecule has 0 atom stereocenters. The van der Waals surface area contributed by atoms with E-state index in [1.807, 2.05) is 48.5 Å². The number of aryl methyl sites for hydroxylation is 1. The van der Waals surface area contributed by atoms with Gasteiger partial charge in [-0.15, -0.1) is 16.7 Å². The maximum absolute atomic E-state index is 11.5. The van der Waals surface area contributed by atoms with Gasteiger partial charge in [0.15, 0.2) is 18.2 Å². The molecular weight excluding hydrogens is 688 g/mol. The largest absolute Gasteiger partial charge is 0.490 e. The fourth-order valence-electron chi connectivity index (χ4n) is 5.74. The molecule has 3 heterocycles. The van der Waals surface area contributed by atoms with Crippen LogP contribution in [0, 0.1) is 5.41 Å². The molecule has 0 radical (unpaired) electrons. The first-order valence-corrected chi connectivity index (χ1v) is 17.5. The number of aromatic nitrogens is 1. The Morgan fingerprint density at radius 2 is 1.87 bits per heavy atom. The Morgan fingerprint density at radius 3 is 2.60 bits per heavy atom. The first-order chi connectivity index (χ1) is 25.3. The van der Waals surface area contributed by atoms with Crippen molar-refractivity contribution in [2.75, 3.05) is 57.7 Å². The highest BCUT2D eigenvalue weighted by Gasteiger charge is 2.19. The van der Waals surface area contributed by atoms with Crippen molar-refractivity contribution in [3.63, 3.8) is 0 Å². The van der Waals surface area contributed by atoms with Gasteiger partial charge in [0, 0.05) is 56.5 Å². The number of aldehydes is 2. The normalized spacial score (nSPS) is 14.3. The lowest BCUT2D eigenvalue weighted by molar-refractivity contribution is -0.123. The van der Waals surface area contributed by atoms with Crippen LogP contribution in [0.1, 0.15) is 36.8 Å². The number of carbonyl (C=O) groups excluding carboxylic acids is 3. The number of hydrogen-bond acceptors (Lipinski definition) is 11. The SMILES string of the molecule is CN1CCC(Oc2cccc(-c3onc4ccc(C(=N)N=NN)cc34)c2)CC1.CN1CCCc2cc(OCC(=O)NCCC=O)ccc21.O=CCCl. The number of nitrogens with zero attached hydrogens (tertiary/aromatic N) is 5. The summed E-state index contributed by atoms with van der Waals surface area (Å²) >= 11 is 4.82. The number of ether oxygens (including phenoxy) is 2. The number of alkyl halides is 1. The van der Waals surface area contributed by atoms with Crippen molar-refractivity contribution in [1.82, 2.24) is 15.4 Å². The molecule has 0 bridgehead atoms. The van der Waals surface area contributed by atoms with E-state index in [1.54, 1.807) is 12.1 Å². The average molecular weight is 733 g/mol. The topological polar surface area (TPSA) is 189 Å². The van der Waals surface area contributed by atoms with E-state index in [4.69, 9.17) is 41.6 Å². The number of carbonyl (C=O) groups is 3. The summed E-state index contributed by atoms with van der Waals surface area (Å²) in [5.74, 6) is 7.10. The Bertz CT molecular complexity index is 1820.